The van der Waals surface area contributed by atoms with Crippen molar-refractivity contribution < 1.29 is 13.9 Å². The average molecular weight is 190 g/mol. The summed E-state index contributed by atoms with van der Waals surface area (Å²) in [5, 5.41) is 12.1. The van der Waals surface area contributed by atoms with Gasteiger partial charge in [0.05, 0.1) is 0 Å². The zero-order chi connectivity index (χ0) is 10.1. The average Bonchev–Trinajstić information content (AvgIpc) is 2.30. The Morgan fingerprint density at radius 3 is 2.62 bits per heavy atom. The van der Waals surface area contributed by atoms with Gasteiger partial charge in [0.2, 0.25) is 0 Å². The van der Waals surface area contributed by atoms with E-state index >= 15 is 0 Å². The minimum absolute atomic E-state index is 0.246. The Hall–Kier alpha value is -0.970. The van der Waals surface area contributed by atoms with E-state index in [1.807, 2.05) is 0 Å². The van der Waals surface area contributed by atoms with Crippen LogP contribution in [-0.2, 0) is 13.0 Å². The van der Waals surface area contributed by atoms with Crippen molar-refractivity contribution in [2.45, 2.75) is 19.3 Å². The largest absolute Gasteiger partial charge is 0.396 e. The summed E-state index contributed by atoms with van der Waals surface area (Å²) in [7, 11) is 1.59. The maximum Gasteiger partial charge on any atom is 0.293 e. The molecule has 1 aromatic heterocycles. The van der Waals surface area contributed by atoms with Crippen molar-refractivity contribution in [1.82, 2.24) is 9.78 Å². The van der Waals surface area contributed by atoms with Crippen molar-refractivity contribution in [2.75, 3.05) is 6.61 Å². The highest BCUT2D eigenvalue weighted by molar-refractivity contribution is 5.19. The van der Waals surface area contributed by atoms with Gasteiger partial charge < -0.3 is 5.11 Å². The summed E-state index contributed by atoms with van der Waals surface area (Å²) < 4.78 is 27.7. The number of hydrogen-bond acceptors (Lipinski definition) is 2. The Kier molecular flexibility index (Phi) is 2.66. The van der Waals surface area contributed by atoms with Gasteiger partial charge in [0, 0.05) is 26.3 Å². The van der Waals surface area contributed by atoms with Crippen LogP contribution in [0.25, 0.3) is 0 Å². The third-order valence-corrected chi connectivity index (χ3v) is 1.78. The molecule has 0 saturated carbocycles. The van der Waals surface area contributed by atoms with Gasteiger partial charge >= 0.3 is 0 Å². The van der Waals surface area contributed by atoms with E-state index in [2.05, 4.69) is 5.10 Å². The molecule has 0 aliphatic heterocycles. The van der Waals surface area contributed by atoms with Crippen LogP contribution in [0.4, 0.5) is 8.78 Å². The number of hydrogen-bond donors (Lipinski definition) is 1. The van der Waals surface area contributed by atoms with Crippen molar-refractivity contribution in [3.63, 3.8) is 0 Å². The molecule has 0 radical (unpaired) electrons. The zero-order valence-electron chi connectivity index (χ0n) is 7.59. The van der Waals surface area contributed by atoms with Gasteiger partial charge in [0.1, 0.15) is 5.69 Å². The molecule has 5 heteroatoms. The van der Waals surface area contributed by atoms with Crippen LogP contribution in [0.5, 0.6) is 0 Å². The van der Waals surface area contributed by atoms with Gasteiger partial charge in [-0.1, -0.05) is 0 Å². The third kappa shape index (κ3) is 2.03. The number of alkyl halides is 2. The quantitative estimate of drug-likeness (QED) is 0.777. The number of rotatable bonds is 3. The van der Waals surface area contributed by atoms with E-state index < -0.39 is 19.0 Å². The molecule has 74 valence electrons. The second-order valence-electron chi connectivity index (χ2n) is 3.01. The molecule has 0 amide bonds. The van der Waals surface area contributed by atoms with Crippen LogP contribution >= 0.6 is 0 Å². The standard InChI is InChI=1S/C8H12F2N2O/c1-6-5-12(2)11-7(6)8(9,10)3-4-13/h5,13H,3-4H2,1-2H3. The van der Waals surface area contributed by atoms with Crippen molar-refractivity contribution in [2.24, 2.45) is 7.05 Å². The SMILES string of the molecule is Cc1cn(C)nc1C(F)(F)CCO. The first-order valence-electron chi connectivity index (χ1n) is 3.97. The first kappa shape index (κ1) is 10.1. The minimum atomic E-state index is -3.03. The van der Waals surface area contributed by atoms with Crippen LogP contribution in [-0.4, -0.2) is 21.5 Å². The molecule has 0 fully saturated rings. The molecule has 0 spiro atoms. The molecule has 0 aliphatic carbocycles. The molecule has 0 aliphatic rings. The van der Waals surface area contributed by atoms with E-state index in [9.17, 15) is 8.78 Å². The predicted octanol–water partition coefficient (Wildman–Crippen LogP) is 1.20. The maximum absolute atomic E-state index is 13.2. The van der Waals surface area contributed by atoms with Gasteiger partial charge in [0.15, 0.2) is 0 Å². The highest BCUT2D eigenvalue weighted by Crippen LogP contribution is 2.31. The summed E-state index contributed by atoms with van der Waals surface area (Å²) in [5.74, 6) is -3.03. The van der Waals surface area contributed by atoms with Crippen molar-refractivity contribution in [3.05, 3.63) is 17.5 Å². The molecule has 0 atom stereocenters. The molecule has 13 heavy (non-hydrogen) atoms. The monoisotopic (exact) mass is 190 g/mol. The van der Waals surface area contributed by atoms with Crippen LogP contribution in [0.3, 0.4) is 0 Å². The molecule has 1 aromatic rings. The van der Waals surface area contributed by atoms with Crippen LogP contribution in [0.1, 0.15) is 17.7 Å². The molecule has 0 bridgehead atoms. The summed E-state index contributed by atoms with van der Waals surface area (Å²) in [6.45, 7) is 1.04. The van der Waals surface area contributed by atoms with Gasteiger partial charge in [-0.15, -0.1) is 0 Å². The van der Waals surface area contributed by atoms with E-state index in [1.165, 1.54) is 10.9 Å². The summed E-state index contributed by atoms with van der Waals surface area (Å²) >= 11 is 0. The summed E-state index contributed by atoms with van der Waals surface area (Å²) in [4.78, 5) is 0. The van der Waals surface area contributed by atoms with Crippen molar-refractivity contribution in [1.29, 1.82) is 0 Å². The maximum atomic E-state index is 13.2. The van der Waals surface area contributed by atoms with Crippen molar-refractivity contribution >= 4 is 0 Å². The lowest BCUT2D eigenvalue weighted by atomic mass is 10.1. The van der Waals surface area contributed by atoms with E-state index in [1.54, 1.807) is 14.0 Å². The third-order valence-electron chi connectivity index (χ3n) is 1.78. The number of aliphatic hydroxyl groups is 1. The highest BCUT2D eigenvalue weighted by Gasteiger charge is 2.35. The molecule has 0 saturated heterocycles. The van der Waals surface area contributed by atoms with Gasteiger partial charge in [0.25, 0.3) is 5.92 Å². The van der Waals surface area contributed by atoms with Crippen LogP contribution in [0.2, 0.25) is 0 Å². The molecule has 1 N–H and O–H groups in total. The number of aromatic nitrogens is 2. The molecular formula is C8H12F2N2O. The summed E-state index contributed by atoms with van der Waals surface area (Å²) in [6.07, 6.45) is 0.950. The number of aliphatic hydroxyl groups excluding tert-OH is 1. The topological polar surface area (TPSA) is 38.0 Å². The molecule has 0 aromatic carbocycles. The fourth-order valence-corrected chi connectivity index (χ4v) is 1.23. The van der Waals surface area contributed by atoms with Gasteiger partial charge in [-0.2, -0.15) is 13.9 Å². The predicted molar refractivity (Wildman–Crippen MR) is 43.5 cm³/mol. The molecule has 3 nitrogen and oxygen atoms in total. The van der Waals surface area contributed by atoms with Gasteiger partial charge in [-0.25, -0.2) is 0 Å². The highest BCUT2D eigenvalue weighted by atomic mass is 19.3. The van der Waals surface area contributed by atoms with E-state index in [0.29, 0.717) is 5.56 Å². The number of nitrogens with zero attached hydrogens (tertiary/aromatic N) is 2. The Bertz CT molecular complexity index is 296. The van der Waals surface area contributed by atoms with Crippen LogP contribution in [0, 0.1) is 6.92 Å². The van der Waals surface area contributed by atoms with Gasteiger partial charge in [-0.05, 0) is 12.5 Å². The second-order valence-corrected chi connectivity index (χ2v) is 3.01. The Morgan fingerprint density at radius 1 is 1.62 bits per heavy atom. The molecule has 1 heterocycles. The van der Waals surface area contributed by atoms with Crippen LogP contribution in [0.15, 0.2) is 6.20 Å². The van der Waals surface area contributed by atoms with Crippen LogP contribution < -0.4 is 0 Å². The smallest absolute Gasteiger partial charge is 0.293 e. The summed E-state index contributed by atoms with van der Waals surface area (Å²) in [6, 6.07) is 0. The normalized spacial score (nSPS) is 12.1. The van der Waals surface area contributed by atoms with E-state index in [0.717, 1.165) is 0 Å². The molecular weight excluding hydrogens is 178 g/mol. The lowest BCUT2D eigenvalue weighted by Crippen LogP contribution is -2.17. The van der Waals surface area contributed by atoms with E-state index in [-0.39, 0.29) is 5.69 Å². The lowest BCUT2D eigenvalue weighted by Gasteiger charge is -2.12. The molecule has 1 rings (SSSR count). The van der Waals surface area contributed by atoms with Crippen molar-refractivity contribution in [3.8, 4) is 0 Å². The fourth-order valence-electron chi connectivity index (χ4n) is 1.23. The number of aryl methyl sites for hydroxylation is 2. The first-order chi connectivity index (χ1) is 5.97. The second kappa shape index (κ2) is 3.41. The first-order valence-corrected chi connectivity index (χ1v) is 3.97. The lowest BCUT2D eigenvalue weighted by molar-refractivity contribution is -0.0319. The molecule has 0 unspecified atom stereocenters. The summed E-state index contributed by atoms with van der Waals surface area (Å²) in [5.41, 5.74) is 0.199. The number of halogens is 2. The fraction of sp³-hybridized carbons (Fsp3) is 0.625. The van der Waals surface area contributed by atoms with E-state index in [4.69, 9.17) is 5.11 Å². The van der Waals surface area contributed by atoms with Gasteiger partial charge in [-0.3, -0.25) is 4.68 Å². The Labute approximate surface area is 75.0 Å². The Morgan fingerprint density at radius 2 is 2.23 bits per heavy atom. The Balaban J connectivity index is 2.98. The zero-order valence-corrected chi connectivity index (χ0v) is 7.59. The minimum Gasteiger partial charge on any atom is -0.396 e.